The number of carbonyl (C=O) groups excluding carboxylic acids is 1. The summed E-state index contributed by atoms with van der Waals surface area (Å²) in [7, 11) is 0. The van der Waals surface area contributed by atoms with Crippen molar-refractivity contribution in [3.05, 3.63) is 0 Å². The zero-order valence-electron chi connectivity index (χ0n) is 11.6. The highest BCUT2D eigenvalue weighted by Gasteiger charge is 2.28. The van der Waals surface area contributed by atoms with Gasteiger partial charge in [-0.05, 0) is 26.2 Å². The third-order valence-electron chi connectivity index (χ3n) is 3.51. The van der Waals surface area contributed by atoms with Crippen LogP contribution in [0.15, 0.2) is 0 Å². The molecule has 1 amide bonds. The Morgan fingerprint density at radius 2 is 2.05 bits per heavy atom. The third-order valence-corrected chi connectivity index (χ3v) is 3.51. The lowest BCUT2D eigenvalue weighted by Crippen LogP contribution is -2.44. The summed E-state index contributed by atoms with van der Waals surface area (Å²) in [5.74, 6) is -1.20. The second-order valence-electron chi connectivity index (χ2n) is 5.43. The molecular formula is C13H24N2O4. The van der Waals surface area contributed by atoms with E-state index in [2.05, 4.69) is 10.6 Å². The van der Waals surface area contributed by atoms with Crippen molar-refractivity contribution in [2.24, 2.45) is 5.92 Å². The Hall–Kier alpha value is -1.14. The Kier molecular flexibility index (Phi) is 6.24. The Bertz CT molecular complexity index is 322. The van der Waals surface area contributed by atoms with Crippen LogP contribution < -0.4 is 10.6 Å². The van der Waals surface area contributed by atoms with Gasteiger partial charge in [-0.1, -0.05) is 13.3 Å². The van der Waals surface area contributed by atoms with Crippen molar-refractivity contribution >= 4 is 11.9 Å². The Labute approximate surface area is 113 Å². The number of aliphatic carboxylic acids is 1. The lowest BCUT2D eigenvalue weighted by atomic mass is 10.0. The topological polar surface area (TPSA) is 98.7 Å². The average molecular weight is 272 g/mol. The fraction of sp³-hybridized carbons (Fsp3) is 0.846. The normalized spacial score (nSPS) is 25.8. The Balaban J connectivity index is 2.18. The smallest absolute Gasteiger partial charge is 0.306 e. The van der Waals surface area contributed by atoms with Crippen molar-refractivity contribution in [3.63, 3.8) is 0 Å². The number of hydrogen-bond acceptors (Lipinski definition) is 4. The number of rotatable bonds is 7. The van der Waals surface area contributed by atoms with Gasteiger partial charge in [0.15, 0.2) is 0 Å². The van der Waals surface area contributed by atoms with Crippen molar-refractivity contribution in [2.45, 2.75) is 57.7 Å². The maximum Gasteiger partial charge on any atom is 0.306 e. The summed E-state index contributed by atoms with van der Waals surface area (Å²) in [6.07, 6.45) is 2.17. The van der Waals surface area contributed by atoms with Gasteiger partial charge >= 0.3 is 5.97 Å². The van der Waals surface area contributed by atoms with Crippen molar-refractivity contribution in [1.29, 1.82) is 0 Å². The van der Waals surface area contributed by atoms with Gasteiger partial charge < -0.3 is 20.8 Å². The first-order chi connectivity index (χ1) is 8.90. The number of aliphatic hydroxyl groups excluding tert-OH is 1. The fourth-order valence-electron chi connectivity index (χ4n) is 2.19. The maximum atomic E-state index is 11.8. The quantitative estimate of drug-likeness (QED) is 0.527. The number of hydrogen-bond donors (Lipinski definition) is 4. The first-order valence-corrected chi connectivity index (χ1v) is 6.84. The number of carboxylic acids is 1. The third kappa shape index (κ3) is 5.57. The van der Waals surface area contributed by atoms with E-state index in [1.165, 1.54) is 0 Å². The van der Waals surface area contributed by atoms with Crippen LogP contribution in [0.4, 0.5) is 0 Å². The number of amides is 1. The summed E-state index contributed by atoms with van der Waals surface area (Å²) in [5, 5.41) is 23.9. The average Bonchev–Trinajstić information content (AvgIpc) is 2.75. The van der Waals surface area contributed by atoms with Gasteiger partial charge in [0.05, 0.1) is 18.1 Å². The molecule has 0 saturated carbocycles. The van der Waals surface area contributed by atoms with E-state index in [4.69, 9.17) is 5.11 Å². The van der Waals surface area contributed by atoms with E-state index in [-0.39, 0.29) is 23.9 Å². The first-order valence-electron chi connectivity index (χ1n) is 6.84. The van der Waals surface area contributed by atoms with Gasteiger partial charge in [0.2, 0.25) is 5.91 Å². The predicted octanol–water partition coefficient (Wildman–Crippen LogP) is 0.105. The molecule has 110 valence electrons. The van der Waals surface area contributed by atoms with Crippen LogP contribution in [0.25, 0.3) is 0 Å². The molecule has 1 aliphatic heterocycles. The van der Waals surface area contributed by atoms with E-state index in [1.54, 1.807) is 6.92 Å². The van der Waals surface area contributed by atoms with Gasteiger partial charge in [-0.15, -0.1) is 0 Å². The molecule has 6 nitrogen and oxygen atoms in total. The summed E-state index contributed by atoms with van der Waals surface area (Å²) in [4.78, 5) is 22.5. The SMILES string of the molecule is CC(CCCC(C)C(=O)O)NC(=O)C1CC(O)CN1. The van der Waals surface area contributed by atoms with Crippen molar-refractivity contribution in [1.82, 2.24) is 10.6 Å². The minimum atomic E-state index is -0.777. The fourth-order valence-corrected chi connectivity index (χ4v) is 2.19. The molecule has 1 fully saturated rings. The molecule has 0 aromatic carbocycles. The molecule has 1 aliphatic rings. The summed E-state index contributed by atoms with van der Waals surface area (Å²) in [5.41, 5.74) is 0. The number of carbonyl (C=O) groups is 2. The van der Waals surface area contributed by atoms with Crippen LogP contribution in [0.3, 0.4) is 0 Å². The summed E-state index contributed by atoms with van der Waals surface area (Å²) in [6.45, 7) is 4.06. The molecule has 0 aromatic heterocycles. The van der Waals surface area contributed by atoms with Gasteiger partial charge in [0.1, 0.15) is 0 Å². The van der Waals surface area contributed by atoms with Crippen LogP contribution in [-0.2, 0) is 9.59 Å². The minimum absolute atomic E-state index is 0.0213. The summed E-state index contributed by atoms with van der Waals surface area (Å²) in [6, 6.07) is -0.288. The molecule has 0 aliphatic carbocycles. The summed E-state index contributed by atoms with van der Waals surface area (Å²) < 4.78 is 0. The van der Waals surface area contributed by atoms with Gasteiger partial charge in [0, 0.05) is 12.6 Å². The van der Waals surface area contributed by atoms with Gasteiger partial charge in [-0.2, -0.15) is 0 Å². The minimum Gasteiger partial charge on any atom is -0.481 e. The summed E-state index contributed by atoms with van der Waals surface area (Å²) >= 11 is 0. The molecule has 1 rings (SSSR count). The predicted molar refractivity (Wildman–Crippen MR) is 70.7 cm³/mol. The molecule has 1 heterocycles. The van der Waals surface area contributed by atoms with E-state index in [9.17, 15) is 14.7 Å². The van der Waals surface area contributed by atoms with E-state index < -0.39 is 12.1 Å². The number of nitrogens with one attached hydrogen (secondary N) is 2. The Morgan fingerprint density at radius 1 is 1.37 bits per heavy atom. The molecule has 0 spiro atoms. The Morgan fingerprint density at radius 3 is 2.58 bits per heavy atom. The van der Waals surface area contributed by atoms with E-state index >= 15 is 0 Å². The number of β-amino-alcohol motifs (C(OH)–C–C–N with tert-alkyl or cyclic N) is 1. The standard InChI is InChI=1S/C13H24N2O4/c1-8(13(18)19)4-3-5-9(2)15-12(17)11-6-10(16)7-14-11/h8-11,14,16H,3-7H2,1-2H3,(H,15,17)(H,18,19). The van der Waals surface area contributed by atoms with Gasteiger partial charge in [0.25, 0.3) is 0 Å². The van der Waals surface area contributed by atoms with Crippen molar-refractivity contribution in [2.75, 3.05) is 6.54 Å². The van der Waals surface area contributed by atoms with E-state index in [0.717, 1.165) is 12.8 Å². The van der Waals surface area contributed by atoms with E-state index in [1.807, 2.05) is 6.92 Å². The molecule has 0 radical (unpaired) electrons. The van der Waals surface area contributed by atoms with Crippen LogP contribution in [-0.4, -0.2) is 46.8 Å². The van der Waals surface area contributed by atoms with Crippen molar-refractivity contribution < 1.29 is 19.8 Å². The highest BCUT2D eigenvalue weighted by molar-refractivity contribution is 5.82. The highest BCUT2D eigenvalue weighted by atomic mass is 16.4. The lowest BCUT2D eigenvalue weighted by Gasteiger charge is -2.17. The zero-order chi connectivity index (χ0) is 14.4. The number of carboxylic acid groups (broad SMARTS) is 1. The molecular weight excluding hydrogens is 248 g/mol. The van der Waals surface area contributed by atoms with Gasteiger partial charge in [-0.25, -0.2) is 0 Å². The molecule has 4 unspecified atom stereocenters. The van der Waals surface area contributed by atoms with Crippen LogP contribution in [0.1, 0.15) is 39.5 Å². The molecule has 0 bridgehead atoms. The molecule has 1 saturated heterocycles. The van der Waals surface area contributed by atoms with E-state index in [0.29, 0.717) is 19.4 Å². The van der Waals surface area contributed by atoms with Crippen LogP contribution >= 0.6 is 0 Å². The lowest BCUT2D eigenvalue weighted by molar-refractivity contribution is -0.141. The van der Waals surface area contributed by atoms with Crippen molar-refractivity contribution in [3.8, 4) is 0 Å². The zero-order valence-corrected chi connectivity index (χ0v) is 11.6. The number of aliphatic hydroxyl groups is 1. The molecule has 6 heteroatoms. The van der Waals surface area contributed by atoms with Gasteiger partial charge in [-0.3, -0.25) is 9.59 Å². The van der Waals surface area contributed by atoms with Crippen LogP contribution in [0.2, 0.25) is 0 Å². The molecule has 0 aromatic rings. The second kappa shape index (κ2) is 7.45. The highest BCUT2D eigenvalue weighted by Crippen LogP contribution is 2.11. The molecule has 4 atom stereocenters. The van der Waals surface area contributed by atoms with Crippen LogP contribution in [0, 0.1) is 5.92 Å². The largest absolute Gasteiger partial charge is 0.481 e. The monoisotopic (exact) mass is 272 g/mol. The molecule has 19 heavy (non-hydrogen) atoms. The first kappa shape index (κ1) is 15.9. The maximum absolute atomic E-state index is 11.8. The second-order valence-corrected chi connectivity index (χ2v) is 5.43. The van der Waals surface area contributed by atoms with Crippen LogP contribution in [0.5, 0.6) is 0 Å². The molecule has 4 N–H and O–H groups in total.